The molecule has 0 spiro atoms. The van der Waals surface area contributed by atoms with E-state index in [0.717, 1.165) is 0 Å². The van der Waals surface area contributed by atoms with E-state index >= 15 is 0 Å². The summed E-state index contributed by atoms with van der Waals surface area (Å²) in [5.74, 6) is -7.96. The minimum absolute atomic E-state index is 0.0245. The number of nitrogens with two attached hydrogens (primary N) is 1. The average molecular weight is 839 g/mol. The second-order valence-electron chi connectivity index (χ2n) is 15.0. The van der Waals surface area contributed by atoms with Crippen LogP contribution >= 0.6 is 0 Å². The Kier molecular flexibility index (Phi) is 21.5. The maximum absolute atomic E-state index is 13.8. The first-order valence-electron chi connectivity index (χ1n) is 19.6. The van der Waals surface area contributed by atoms with Crippen molar-refractivity contribution < 1.29 is 53.4 Å². The number of carbonyl (C=O) groups is 9. The summed E-state index contributed by atoms with van der Waals surface area (Å²) in [5.41, 5.74) is 6.64. The fourth-order valence-corrected chi connectivity index (χ4v) is 5.92. The quantitative estimate of drug-likeness (QED) is 0.0553. The second-order valence-corrected chi connectivity index (χ2v) is 15.0. The molecule has 0 saturated heterocycles. The van der Waals surface area contributed by atoms with Crippen LogP contribution in [-0.2, 0) is 56.0 Å². The molecule has 19 nitrogen and oxygen atoms in total. The molecular weight excluding hydrogens is 780 g/mol. The third-order valence-electron chi connectivity index (χ3n) is 8.86. The van der Waals surface area contributed by atoms with Gasteiger partial charge in [0.15, 0.2) is 0 Å². The number of rotatable bonds is 26. The van der Waals surface area contributed by atoms with E-state index in [4.69, 9.17) is 10.8 Å². The Labute approximate surface area is 348 Å². The molecule has 60 heavy (non-hydrogen) atoms. The number of carboxylic acids is 2. The summed E-state index contributed by atoms with van der Waals surface area (Å²) in [6.45, 7) is 5.53. The molecule has 7 amide bonds. The van der Waals surface area contributed by atoms with Crippen molar-refractivity contribution in [3.63, 3.8) is 0 Å². The molecule has 328 valence electrons. The molecule has 0 fully saturated rings. The van der Waals surface area contributed by atoms with Crippen molar-refractivity contribution in [1.82, 2.24) is 37.2 Å². The van der Waals surface area contributed by atoms with E-state index in [1.807, 2.05) is 13.8 Å². The fraction of sp³-hybridized carbons (Fsp3) is 0.488. The molecule has 5 atom stereocenters. The van der Waals surface area contributed by atoms with Crippen molar-refractivity contribution in [2.75, 3.05) is 19.6 Å². The van der Waals surface area contributed by atoms with Gasteiger partial charge in [-0.2, -0.15) is 0 Å². The van der Waals surface area contributed by atoms with Gasteiger partial charge in [0.2, 0.25) is 41.4 Å². The highest BCUT2D eigenvalue weighted by atomic mass is 16.4. The summed E-state index contributed by atoms with van der Waals surface area (Å²) >= 11 is 0. The van der Waals surface area contributed by atoms with Crippen LogP contribution in [0.5, 0.6) is 0 Å². The molecule has 0 aliphatic rings. The van der Waals surface area contributed by atoms with Gasteiger partial charge in [-0.15, -0.1) is 0 Å². The molecule has 0 radical (unpaired) electrons. The zero-order valence-electron chi connectivity index (χ0n) is 34.3. The first-order chi connectivity index (χ1) is 28.4. The van der Waals surface area contributed by atoms with Crippen molar-refractivity contribution in [3.8, 4) is 0 Å². The van der Waals surface area contributed by atoms with Crippen LogP contribution in [0.25, 0.3) is 0 Å². The molecule has 11 N–H and O–H groups in total. The second kappa shape index (κ2) is 25.9. The number of hydrogen-bond donors (Lipinski definition) is 10. The largest absolute Gasteiger partial charge is 0.481 e. The molecule has 0 saturated carbocycles. The summed E-state index contributed by atoms with van der Waals surface area (Å²) in [4.78, 5) is 114. The monoisotopic (exact) mass is 838 g/mol. The lowest BCUT2D eigenvalue weighted by Gasteiger charge is -2.25. The number of aliphatic carboxylic acids is 2. The van der Waals surface area contributed by atoms with E-state index in [2.05, 4.69) is 37.2 Å². The van der Waals surface area contributed by atoms with Crippen LogP contribution in [0, 0.1) is 11.8 Å². The molecule has 0 bridgehead atoms. The number of benzene rings is 2. The van der Waals surface area contributed by atoms with E-state index in [1.165, 1.54) is 0 Å². The van der Waals surface area contributed by atoms with E-state index in [1.54, 1.807) is 74.5 Å². The van der Waals surface area contributed by atoms with Crippen LogP contribution in [0.1, 0.15) is 64.5 Å². The number of nitrogens with one attached hydrogen (secondary N) is 7. The topological polar surface area (TPSA) is 304 Å². The first-order valence-corrected chi connectivity index (χ1v) is 19.6. The third-order valence-corrected chi connectivity index (χ3v) is 8.86. The Morgan fingerprint density at radius 1 is 0.517 bits per heavy atom. The van der Waals surface area contributed by atoms with Gasteiger partial charge in [0, 0.05) is 19.3 Å². The van der Waals surface area contributed by atoms with Crippen LogP contribution < -0.4 is 43.0 Å². The fourth-order valence-electron chi connectivity index (χ4n) is 5.92. The Balaban J connectivity index is 2.18. The smallest absolute Gasteiger partial charge is 0.326 e. The lowest BCUT2D eigenvalue weighted by atomic mass is 10.0. The summed E-state index contributed by atoms with van der Waals surface area (Å²) in [7, 11) is 0. The molecule has 19 heteroatoms. The Morgan fingerprint density at radius 3 is 1.32 bits per heavy atom. The SMILES string of the molecule is CC(C)C[C@H](NC(=O)[C@@H](Cc1ccccc1)NC(=O)CNC(=O)[C@H](CC(C)C)NC(=O)[C@H](Cc1ccccc1)NC(=O)CNC(=O)[C@H](CCC(=O)O)NC(=O)CN)C(=O)O. The lowest BCUT2D eigenvalue weighted by Crippen LogP contribution is -2.57. The minimum atomic E-state index is -1.29. The zero-order valence-corrected chi connectivity index (χ0v) is 34.3. The molecule has 0 unspecified atom stereocenters. The van der Waals surface area contributed by atoms with Gasteiger partial charge in [-0.1, -0.05) is 88.4 Å². The zero-order chi connectivity index (χ0) is 44.8. The van der Waals surface area contributed by atoms with E-state index in [-0.39, 0.29) is 43.9 Å². The van der Waals surface area contributed by atoms with Gasteiger partial charge in [0.1, 0.15) is 30.2 Å². The van der Waals surface area contributed by atoms with Crippen molar-refractivity contribution in [3.05, 3.63) is 71.8 Å². The first kappa shape index (κ1) is 49.8. The maximum atomic E-state index is 13.8. The summed E-state index contributed by atoms with van der Waals surface area (Å²) in [6.07, 6.45) is -0.442. The van der Waals surface area contributed by atoms with Gasteiger partial charge in [-0.25, -0.2) is 4.79 Å². The molecule has 2 aromatic carbocycles. The lowest BCUT2D eigenvalue weighted by molar-refractivity contribution is -0.142. The predicted molar refractivity (Wildman–Crippen MR) is 218 cm³/mol. The predicted octanol–water partition coefficient (Wildman–Crippen LogP) is -0.871. The van der Waals surface area contributed by atoms with Crippen LogP contribution in [0.3, 0.4) is 0 Å². The van der Waals surface area contributed by atoms with Crippen molar-refractivity contribution in [2.24, 2.45) is 17.6 Å². The van der Waals surface area contributed by atoms with E-state index < -0.39 is 110 Å². The van der Waals surface area contributed by atoms with Crippen molar-refractivity contribution in [2.45, 2.75) is 96.4 Å². The molecule has 0 aromatic heterocycles. The molecular formula is C41H58N8O11. The van der Waals surface area contributed by atoms with Crippen molar-refractivity contribution >= 4 is 53.3 Å². The molecule has 0 aliphatic heterocycles. The Hall–Kier alpha value is -6.37. The maximum Gasteiger partial charge on any atom is 0.326 e. The van der Waals surface area contributed by atoms with Crippen LogP contribution in [0.4, 0.5) is 0 Å². The van der Waals surface area contributed by atoms with E-state index in [0.29, 0.717) is 11.1 Å². The van der Waals surface area contributed by atoms with Gasteiger partial charge in [-0.05, 0) is 42.2 Å². The molecule has 2 aromatic rings. The molecule has 2 rings (SSSR count). The molecule has 0 aliphatic carbocycles. The number of carbonyl (C=O) groups excluding carboxylic acids is 7. The van der Waals surface area contributed by atoms with Crippen molar-refractivity contribution in [1.29, 1.82) is 0 Å². The summed E-state index contributed by atoms with van der Waals surface area (Å²) < 4.78 is 0. The summed E-state index contributed by atoms with van der Waals surface area (Å²) in [6, 6.07) is 11.3. The van der Waals surface area contributed by atoms with Gasteiger partial charge in [0.05, 0.1) is 19.6 Å². The van der Waals surface area contributed by atoms with Crippen LogP contribution in [-0.4, -0.2) is 113 Å². The van der Waals surface area contributed by atoms with Crippen LogP contribution in [0.2, 0.25) is 0 Å². The number of amides is 7. The Bertz CT molecular complexity index is 1780. The molecule has 0 heterocycles. The summed E-state index contributed by atoms with van der Waals surface area (Å²) in [5, 5.41) is 36.1. The minimum Gasteiger partial charge on any atom is -0.481 e. The van der Waals surface area contributed by atoms with Gasteiger partial charge < -0.3 is 53.2 Å². The van der Waals surface area contributed by atoms with Gasteiger partial charge >= 0.3 is 11.9 Å². The number of hydrogen-bond acceptors (Lipinski definition) is 10. The normalized spacial score (nSPS) is 13.4. The van der Waals surface area contributed by atoms with Crippen LogP contribution in [0.15, 0.2) is 60.7 Å². The Morgan fingerprint density at radius 2 is 0.917 bits per heavy atom. The van der Waals surface area contributed by atoms with E-state index in [9.17, 15) is 48.3 Å². The highest BCUT2D eigenvalue weighted by Crippen LogP contribution is 2.10. The highest BCUT2D eigenvalue weighted by Gasteiger charge is 2.30. The number of carboxylic acid groups (broad SMARTS) is 2. The van der Waals surface area contributed by atoms with Gasteiger partial charge in [-0.3, -0.25) is 38.4 Å². The van der Waals surface area contributed by atoms with Gasteiger partial charge in [0.25, 0.3) is 0 Å². The average Bonchev–Trinajstić information content (AvgIpc) is 3.19. The highest BCUT2D eigenvalue weighted by molar-refractivity contribution is 5.96. The standard InChI is InChI=1S/C41H58N8O11/c1-24(2)17-29(38(56)44-23-35(52)47-31(20-27-13-9-6-10-14-27)40(58)49-32(41(59)60)18-25(3)4)48-39(57)30(19-26-11-7-5-8-12-26)46-34(51)22-43-37(55)28(15-16-36(53)54)45-33(50)21-42/h5-14,24-25,28-32H,15-23,42H2,1-4H3,(H,43,55)(H,44,56)(H,45,50)(H,46,51)(H,47,52)(H,48,57)(H,49,58)(H,53,54)(H,59,60)/t28-,29-,30-,31+,32-/m0/s1. The third kappa shape index (κ3) is 19.4.